The van der Waals surface area contributed by atoms with E-state index in [4.69, 9.17) is 5.11 Å². The fraction of sp³-hybridized carbons (Fsp3) is 0.909. The normalized spacial score (nSPS) is 17.1. The van der Waals surface area contributed by atoms with Crippen LogP contribution in [0.1, 0.15) is 40.5 Å². The molecule has 0 fully saturated rings. The maximum atomic E-state index is 11.2. The first-order valence-corrected chi connectivity index (χ1v) is 6.61. The lowest BCUT2D eigenvalue weighted by molar-refractivity contribution is -0.143. The Balaban J connectivity index is 4.19. The molecule has 0 saturated carbocycles. The van der Waals surface area contributed by atoms with Crippen molar-refractivity contribution < 1.29 is 9.90 Å². The molecule has 0 aliphatic carbocycles. The summed E-state index contributed by atoms with van der Waals surface area (Å²) in [5.41, 5.74) is -0.788. The molecule has 4 heteroatoms. The van der Waals surface area contributed by atoms with Crippen molar-refractivity contribution in [1.82, 2.24) is 5.32 Å². The molecule has 0 amide bonds. The Labute approximate surface area is 97.0 Å². The van der Waals surface area contributed by atoms with Crippen LogP contribution >= 0.6 is 11.8 Å². The molecule has 0 aliphatic rings. The van der Waals surface area contributed by atoms with Crippen molar-refractivity contribution in [2.75, 3.05) is 12.3 Å². The Hall–Kier alpha value is -0.220. The zero-order chi connectivity index (χ0) is 11.9. The van der Waals surface area contributed by atoms with Crippen LogP contribution in [-0.4, -0.2) is 34.2 Å². The van der Waals surface area contributed by atoms with Gasteiger partial charge in [-0.1, -0.05) is 20.8 Å². The van der Waals surface area contributed by atoms with Gasteiger partial charge in [0, 0.05) is 11.0 Å². The van der Waals surface area contributed by atoms with E-state index in [-0.39, 0.29) is 0 Å². The maximum absolute atomic E-state index is 11.2. The summed E-state index contributed by atoms with van der Waals surface area (Å²) in [4.78, 5) is 11.2. The molecule has 15 heavy (non-hydrogen) atoms. The first-order chi connectivity index (χ1) is 6.96. The summed E-state index contributed by atoms with van der Waals surface area (Å²) in [6, 6.07) is 0. The highest BCUT2D eigenvalue weighted by atomic mass is 32.2. The number of carboxylic acid groups (broad SMARTS) is 1. The molecular weight excluding hydrogens is 210 g/mol. The number of hydrogen-bond acceptors (Lipinski definition) is 3. The smallest absolute Gasteiger partial charge is 0.324 e. The van der Waals surface area contributed by atoms with Crippen LogP contribution in [0.25, 0.3) is 0 Å². The van der Waals surface area contributed by atoms with Crippen LogP contribution in [0.2, 0.25) is 0 Å². The SMILES string of the molecule is CCCNC(C)(CSC(C)CC)C(=O)O. The highest BCUT2D eigenvalue weighted by Crippen LogP contribution is 2.20. The number of nitrogens with one attached hydrogen (secondary N) is 1. The summed E-state index contributed by atoms with van der Waals surface area (Å²) in [6.07, 6.45) is 2.03. The van der Waals surface area contributed by atoms with Crippen LogP contribution < -0.4 is 5.32 Å². The highest BCUT2D eigenvalue weighted by molar-refractivity contribution is 7.99. The number of rotatable bonds is 8. The summed E-state index contributed by atoms with van der Waals surface area (Å²) in [5, 5.41) is 12.8. The minimum Gasteiger partial charge on any atom is -0.480 e. The third kappa shape index (κ3) is 5.42. The molecule has 0 rings (SSSR count). The quantitative estimate of drug-likeness (QED) is 0.676. The lowest BCUT2D eigenvalue weighted by Gasteiger charge is -2.27. The Morgan fingerprint density at radius 3 is 2.53 bits per heavy atom. The summed E-state index contributed by atoms with van der Waals surface area (Å²) in [7, 11) is 0. The van der Waals surface area contributed by atoms with Crippen molar-refractivity contribution in [2.45, 2.75) is 51.3 Å². The lowest BCUT2D eigenvalue weighted by atomic mass is 10.1. The first kappa shape index (κ1) is 14.8. The van der Waals surface area contributed by atoms with Gasteiger partial charge in [0.05, 0.1) is 0 Å². The third-order valence-electron chi connectivity index (χ3n) is 2.47. The molecule has 0 aromatic heterocycles. The summed E-state index contributed by atoms with van der Waals surface area (Å²) >= 11 is 1.72. The fourth-order valence-corrected chi connectivity index (χ4v) is 2.10. The van der Waals surface area contributed by atoms with Crippen LogP contribution in [0.4, 0.5) is 0 Å². The van der Waals surface area contributed by atoms with Gasteiger partial charge in [-0.3, -0.25) is 4.79 Å². The predicted octanol–water partition coefficient (Wildman–Crippen LogP) is 2.36. The van der Waals surface area contributed by atoms with Crippen molar-refractivity contribution in [3.63, 3.8) is 0 Å². The Morgan fingerprint density at radius 2 is 2.13 bits per heavy atom. The third-order valence-corrected chi connectivity index (χ3v) is 4.12. The minimum absolute atomic E-state index is 0.520. The van der Waals surface area contributed by atoms with Gasteiger partial charge in [-0.05, 0) is 26.3 Å². The van der Waals surface area contributed by atoms with Crippen molar-refractivity contribution >= 4 is 17.7 Å². The molecule has 0 aromatic carbocycles. The van der Waals surface area contributed by atoms with Gasteiger partial charge in [0.1, 0.15) is 5.54 Å². The molecule has 0 heterocycles. The van der Waals surface area contributed by atoms with E-state index in [0.717, 1.165) is 19.4 Å². The molecule has 2 N–H and O–H groups in total. The summed E-state index contributed by atoms with van der Waals surface area (Å²) < 4.78 is 0. The highest BCUT2D eigenvalue weighted by Gasteiger charge is 2.32. The minimum atomic E-state index is -0.788. The largest absolute Gasteiger partial charge is 0.480 e. The van der Waals surface area contributed by atoms with E-state index >= 15 is 0 Å². The van der Waals surface area contributed by atoms with Gasteiger partial charge in [-0.2, -0.15) is 11.8 Å². The van der Waals surface area contributed by atoms with E-state index in [1.54, 1.807) is 18.7 Å². The Kier molecular flexibility index (Phi) is 7.02. The number of hydrogen-bond donors (Lipinski definition) is 2. The molecule has 3 nitrogen and oxygen atoms in total. The van der Waals surface area contributed by atoms with Gasteiger partial charge in [0.15, 0.2) is 0 Å². The van der Waals surface area contributed by atoms with Crippen molar-refractivity contribution in [3.05, 3.63) is 0 Å². The van der Waals surface area contributed by atoms with E-state index in [1.807, 2.05) is 6.92 Å². The molecule has 0 bridgehead atoms. The second kappa shape index (κ2) is 7.12. The average molecular weight is 233 g/mol. The zero-order valence-corrected chi connectivity index (χ0v) is 11.0. The topological polar surface area (TPSA) is 49.3 Å². The summed E-state index contributed by atoms with van der Waals surface area (Å²) in [5.74, 6) is -0.135. The van der Waals surface area contributed by atoms with Gasteiger partial charge in [-0.25, -0.2) is 0 Å². The van der Waals surface area contributed by atoms with Gasteiger partial charge < -0.3 is 10.4 Å². The van der Waals surface area contributed by atoms with Gasteiger partial charge in [0.2, 0.25) is 0 Å². The molecule has 0 radical (unpaired) electrons. The Morgan fingerprint density at radius 1 is 1.53 bits per heavy atom. The molecule has 0 aromatic rings. The molecule has 0 saturated heterocycles. The number of carbonyl (C=O) groups is 1. The van der Waals surface area contributed by atoms with E-state index in [0.29, 0.717) is 11.0 Å². The van der Waals surface area contributed by atoms with Crippen LogP contribution in [-0.2, 0) is 4.79 Å². The molecule has 90 valence electrons. The van der Waals surface area contributed by atoms with E-state index in [2.05, 4.69) is 19.2 Å². The Bertz CT molecular complexity index is 199. The second-order valence-corrected chi connectivity index (χ2v) is 5.52. The molecule has 0 spiro atoms. The van der Waals surface area contributed by atoms with E-state index < -0.39 is 11.5 Å². The second-order valence-electron chi connectivity index (χ2n) is 4.09. The number of carboxylic acids is 1. The zero-order valence-electron chi connectivity index (χ0n) is 10.2. The van der Waals surface area contributed by atoms with Crippen molar-refractivity contribution in [3.8, 4) is 0 Å². The van der Waals surface area contributed by atoms with Gasteiger partial charge >= 0.3 is 5.97 Å². The summed E-state index contributed by atoms with van der Waals surface area (Å²) in [6.45, 7) is 8.81. The fourth-order valence-electron chi connectivity index (χ4n) is 1.02. The van der Waals surface area contributed by atoms with Gasteiger partial charge in [-0.15, -0.1) is 0 Å². The number of thioether (sulfide) groups is 1. The molecule has 2 atom stereocenters. The van der Waals surface area contributed by atoms with E-state index in [1.165, 1.54) is 0 Å². The van der Waals surface area contributed by atoms with Crippen molar-refractivity contribution in [1.29, 1.82) is 0 Å². The standard InChI is InChI=1S/C11H23NO2S/c1-5-7-12-11(4,10(13)14)8-15-9(3)6-2/h9,12H,5-8H2,1-4H3,(H,13,14). The predicted molar refractivity (Wildman–Crippen MR) is 66.5 cm³/mol. The lowest BCUT2D eigenvalue weighted by Crippen LogP contribution is -2.52. The molecule has 0 aliphatic heterocycles. The van der Waals surface area contributed by atoms with Gasteiger partial charge in [0.25, 0.3) is 0 Å². The van der Waals surface area contributed by atoms with Crippen LogP contribution in [0.5, 0.6) is 0 Å². The molecule has 2 unspecified atom stereocenters. The monoisotopic (exact) mass is 233 g/mol. The van der Waals surface area contributed by atoms with Crippen molar-refractivity contribution in [2.24, 2.45) is 0 Å². The number of aliphatic carboxylic acids is 1. The average Bonchev–Trinajstić information content (AvgIpc) is 2.22. The van der Waals surface area contributed by atoms with Crippen LogP contribution in [0, 0.1) is 0 Å². The van der Waals surface area contributed by atoms with E-state index in [9.17, 15) is 4.79 Å². The van der Waals surface area contributed by atoms with Crippen LogP contribution in [0.15, 0.2) is 0 Å². The maximum Gasteiger partial charge on any atom is 0.324 e. The van der Waals surface area contributed by atoms with Crippen LogP contribution in [0.3, 0.4) is 0 Å². The molecular formula is C11H23NO2S. The first-order valence-electron chi connectivity index (χ1n) is 5.56.